The molecule has 23 heavy (non-hydrogen) atoms. The fourth-order valence-corrected chi connectivity index (χ4v) is 2.78. The van der Waals surface area contributed by atoms with Crippen molar-refractivity contribution < 1.29 is 9.53 Å². The zero-order valence-corrected chi connectivity index (χ0v) is 12.5. The first-order valence-electron chi connectivity index (χ1n) is 7.53. The van der Waals surface area contributed by atoms with Gasteiger partial charge in [0.1, 0.15) is 12.4 Å². The standard InChI is InChI=1S/C20H15NO2/c22-20(16-12-15-7-2-4-11-19(15)23-13-16)21-18-10-5-8-14-6-1-3-9-17(14)18/h1-12H,13H2,(H,21,22). The summed E-state index contributed by atoms with van der Waals surface area (Å²) in [6.07, 6.45) is 1.89. The average molecular weight is 301 g/mol. The number of ether oxygens (including phenoxy) is 1. The van der Waals surface area contributed by atoms with Crippen molar-refractivity contribution in [1.29, 1.82) is 0 Å². The van der Waals surface area contributed by atoms with Crippen LogP contribution in [0.15, 0.2) is 72.3 Å². The Morgan fingerprint density at radius 1 is 0.913 bits per heavy atom. The molecule has 4 rings (SSSR count). The van der Waals surface area contributed by atoms with E-state index in [1.807, 2.05) is 72.8 Å². The van der Waals surface area contributed by atoms with E-state index >= 15 is 0 Å². The summed E-state index contributed by atoms with van der Waals surface area (Å²) in [6.45, 7) is 0.285. The van der Waals surface area contributed by atoms with Crippen molar-refractivity contribution in [3.8, 4) is 5.75 Å². The molecule has 0 bridgehead atoms. The molecule has 0 aliphatic carbocycles. The van der Waals surface area contributed by atoms with Crippen LogP contribution in [0.2, 0.25) is 0 Å². The average Bonchev–Trinajstić information content (AvgIpc) is 2.61. The molecule has 1 N–H and O–H groups in total. The molecule has 1 aliphatic rings. The number of benzene rings is 3. The maximum Gasteiger partial charge on any atom is 0.255 e. The molecule has 3 heteroatoms. The lowest BCUT2D eigenvalue weighted by molar-refractivity contribution is -0.113. The Morgan fingerprint density at radius 2 is 1.70 bits per heavy atom. The van der Waals surface area contributed by atoms with E-state index in [1.165, 1.54) is 0 Å². The number of amides is 1. The molecular formula is C20H15NO2. The first-order valence-corrected chi connectivity index (χ1v) is 7.53. The van der Waals surface area contributed by atoms with Crippen molar-refractivity contribution in [3.63, 3.8) is 0 Å². The second kappa shape index (κ2) is 5.61. The minimum absolute atomic E-state index is 0.129. The molecule has 0 fully saturated rings. The van der Waals surface area contributed by atoms with Crippen molar-refractivity contribution in [2.24, 2.45) is 0 Å². The van der Waals surface area contributed by atoms with Crippen LogP contribution in [0.3, 0.4) is 0 Å². The second-order valence-electron chi connectivity index (χ2n) is 5.48. The van der Waals surface area contributed by atoms with Gasteiger partial charge in [-0.2, -0.15) is 0 Å². The summed E-state index contributed by atoms with van der Waals surface area (Å²) < 4.78 is 5.65. The molecular weight excluding hydrogens is 286 g/mol. The zero-order valence-electron chi connectivity index (χ0n) is 12.5. The third-order valence-electron chi connectivity index (χ3n) is 3.96. The lowest BCUT2D eigenvalue weighted by Crippen LogP contribution is -2.21. The molecule has 3 nitrogen and oxygen atoms in total. The highest BCUT2D eigenvalue weighted by Gasteiger charge is 2.17. The molecule has 1 amide bonds. The van der Waals surface area contributed by atoms with Gasteiger partial charge in [0.05, 0.1) is 5.57 Å². The van der Waals surface area contributed by atoms with Crippen molar-refractivity contribution in [1.82, 2.24) is 0 Å². The topological polar surface area (TPSA) is 38.3 Å². The Bertz CT molecular complexity index is 922. The lowest BCUT2D eigenvalue weighted by atomic mass is 10.1. The van der Waals surface area contributed by atoms with Gasteiger partial charge < -0.3 is 10.1 Å². The minimum Gasteiger partial charge on any atom is -0.488 e. The summed E-state index contributed by atoms with van der Waals surface area (Å²) >= 11 is 0. The number of rotatable bonds is 2. The molecule has 0 saturated heterocycles. The Kier molecular flexibility index (Phi) is 3.31. The van der Waals surface area contributed by atoms with E-state index in [0.717, 1.165) is 27.8 Å². The third-order valence-corrected chi connectivity index (χ3v) is 3.96. The van der Waals surface area contributed by atoms with Crippen LogP contribution in [0.1, 0.15) is 5.56 Å². The normalized spacial score (nSPS) is 13.0. The molecule has 0 radical (unpaired) electrons. The number of fused-ring (bicyclic) bond motifs is 2. The Labute approximate surface area is 134 Å². The lowest BCUT2D eigenvalue weighted by Gasteiger charge is -2.18. The summed E-state index contributed by atoms with van der Waals surface area (Å²) in [5, 5.41) is 5.13. The van der Waals surface area contributed by atoms with Crippen molar-refractivity contribution >= 4 is 28.4 Å². The van der Waals surface area contributed by atoms with E-state index in [0.29, 0.717) is 5.57 Å². The van der Waals surface area contributed by atoms with Gasteiger partial charge in [-0.25, -0.2) is 0 Å². The molecule has 1 aliphatic heterocycles. The molecule has 0 spiro atoms. The number of hydrogen-bond acceptors (Lipinski definition) is 2. The van der Waals surface area contributed by atoms with Crippen molar-refractivity contribution in [2.75, 3.05) is 11.9 Å². The van der Waals surface area contributed by atoms with E-state index in [-0.39, 0.29) is 12.5 Å². The number of carbonyl (C=O) groups excluding carboxylic acids is 1. The summed E-state index contributed by atoms with van der Waals surface area (Å²) in [6, 6.07) is 21.6. The smallest absolute Gasteiger partial charge is 0.255 e. The maximum absolute atomic E-state index is 12.6. The highest BCUT2D eigenvalue weighted by molar-refractivity contribution is 6.11. The summed E-state index contributed by atoms with van der Waals surface area (Å²) in [7, 11) is 0. The van der Waals surface area contributed by atoms with Crippen LogP contribution < -0.4 is 10.1 Å². The molecule has 1 heterocycles. The summed E-state index contributed by atoms with van der Waals surface area (Å²) in [5.74, 6) is 0.685. The zero-order chi connectivity index (χ0) is 15.6. The van der Waals surface area contributed by atoms with Gasteiger partial charge in [-0.1, -0.05) is 54.6 Å². The first-order chi connectivity index (χ1) is 11.3. The molecule has 3 aromatic rings. The number of carbonyl (C=O) groups is 1. The fourth-order valence-electron chi connectivity index (χ4n) is 2.78. The van der Waals surface area contributed by atoms with Gasteiger partial charge in [0.2, 0.25) is 0 Å². The third kappa shape index (κ3) is 2.57. The van der Waals surface area contributed by atoms with Gasteiger partial charge >= 0.3 is 0 Å². The largest absolute Gasteiger partial charge is 0.488 e. The van der Waals surface area contributed by atoms with Gasteiger partial charge in [0.15, 0.2) is 0 Å². The predicted octanol–water partition coefficient (Wildman–Crippen LogP) is 4.25. The van der Waals surface area contributed by atoms with Gasteiger partial charge in [0, 0.05) is 16.6 Å². The van der Waals surface area contributed by atoms with Crippen LogP contribution in [0.5, 0.6) is 5.75 Å². The SMILES string of the molecule is O=C(Nc1cccc2ccccc12)C1=Cc2ccccc2OC1. The maximum atomic E-state index is 12.6. The molecule has 3 aromatic carbocycles. The number of anilines is 1. The van der Waals surface area contributed by atoms with Gasteiger partial charge in [-0.05, 0) is 23.6 Å². The summed E-state index contributed by atoms with van der Waals surface area (Å²) in [5.41, 5.74) is 2.37. The highest BCUT2D eigenvalue weighted by atomic mass is 16.5. The first kappa shape index (κ1) is 13.6. The molecule has 112 valence electrons. The Morgan fingerprint density at radius 3 is 2.65 bits per heavy atom. The summed E-state index contributed by atoms with van der Waals surface area (Å²) in [4.78, 5) is 12.6. The number of nitrogens with one attached hydrogen (secondary N) is 1. The monoisotopic (exact) mass is 301 g/mol. The number of hydrogen-bond donors (Lipinski definition) is 1. The van der Waals surface area contributed by atoms with Crippen molar-refractivity contribution in [2.45, 2.75) is 0 Å². The molecule has 0 aromatic heterocycles. The second-order valence-corrected chi connectivity index (χ2v) is 5.48. The van der Waals surface area contributed by atoms with Gasteiger partial charge in [-0.3, -0.25) is 4.79 Å². The predicted molar refractivity (Wildman–Crippen MR) is 92.5 cm³/mol. The van der Waals surface area contributed by atoms with E-state index in [9.17, 15) is 4.79 Å². The van der Waals surface area contributed by atoms with E-state index < -0.39 is 0 Å². The van der Waals surface area contributed by atoms with Crippen LogP contribution in [0.25, 0.3) is 16.8 Å². The van der Waals surface area contributed by atoms with Crippen LogP contribution >= 0.6 is 0 Å². The quantitative estimate of drug-likeness (QED) is 0.768. The van der Waals surface area contributed by atoms with E-state index in [1.54, 1.807) is 0 Å². The molecule has 0 unspecified atom stereocenters. The fraction of sp³-hybridized carbons (Fsp3) is 0.0500. The van der Waals surface area contributed by atoms with Crippen LogP contribution in [0, 0.1) is 0 Å². The Hall–Kier alpha value is -3.07. The van der Waals surface area contributed by atoms with E-state index in [2.05, 4.69) is 5.32 Å². The van der Waals surface area contributed by atoms with Crippen LogP contribution in [-0.4, -0.2) is 12.5 Å². The van der Waals surface area contributed by atoms with Gasteiger partial charge in [-0.15, -0.1) is 0 Å². The van der Waals surface area contributed by atoms with Crippen LogP contribution in [-0.2, 0) is 4.79 Å². The molecule has 0 atom stereocenters. The number of para-hydroxylation sites is 1. The van der Waals surface area contributed by atoms with Crippen molar-refractivity contribution in [3.05, 3.63) is 77.9 Å². The minimum atomic E-state index is -0.129. The molecule has 0 saturated carbocycles. The van der Waals surface area contributed by atoms with E-state index in [4.69, 9.17) is 4.74 Å². The van der Waals surface area contributed by atoms with Crippen LogP contribution in [0.4, 0.5) is 5.69 Å². The van der Waals surface area contributed by atoms with Gasteiger partial charge in [0.25, 0.3) is 5.91 Å². The highest BCUT2D eigenvalue weighted by Crippen LogP contribution is 2.27. The Balaban J connectivity index is 1.65.